The average Bonchev–Trinajstić information content (AvgIpc) is 2.21. The van der Waals surface area contributed by atoms with Crippen LogP contribution in [0.2, 0.25) is 0 Å². The average molecular weight is 215 g/mol. The second-order valence-corrected chi connectivity index (χ2v) is 3.90. The van der Waals surface area contributed by atoms with E-state index < -0.39 is 0 Å². The Kier molecular flexibility index (Phi) is 5.05. The van der Waals surface area contributed by atoms with Crippen molar-refractivity contribution >= 4 is 5.97 Å². The molecule has 1 fully saturated rings. The molecule has 0 amide bonds. The van der Waals surface area contributed by atoms with Crippen LogP contribution in [-0.2, 0) is 14.3 Å². The first-order valence-electron chi connectivity index (χ1n) is 5.68. The summed E-state index contributed by atoms with van der Waals surface area (Å²) in [6, 6.07) is 0.452. The van der Waals surface area contributed by atoms with Crippen LogP contribution in [0.3, 0.4) is 0 Å². The lowest BCUT2D eigenvalue weighted by Crippen LogP contribution is -2.48. The molecule has 0 aromatic rings. The largest absolute Gasteiger partial charge is 0.466 e. The fourth-order valence-electron chi connectivity index (χ4n) is 1.85. The van der Waals surface area contributed by atoms with E-state index in [9.17, 15) is 4.79 Å². The van der Waals surface area contributed by atoms with Gasteiger partial charge in [-0.1, -0.05) is 6.92 Å². The van der Waals surface area contributed by atoms with E-state index in [4.69, 9.17) is 9.47 Å². The Balaban J connectivity index is 2.34. The first-order valence-corrected chi connectivity index (χ1v) is 5.68. The number of nitrogens with zero attached hydrogens (tertiary/aromatic N) is 1. The number of hydrogen-bond donors (Lipinski definition) is 0. The molecule has 1 rings (SSSR count). The monoisotopic (exact) mass is 215 g/mol. The highest BCUT2D eigenvalue weighted by atomic mass is 16.5. The Morgan fingerprint density at radius 1 is 1.53 bits per heavy atom. The van der Waals surface area contributed by atoms with Gasteiger partial charge < -0.3 is 9.47 Å². The summed E-state index contributed by atoms with van der Waals surface area (Å²) in [7, 11) is 0. The molecular formula is C11H21NO3. The maximum atomic E-state index is 11.3. The van der Waals surface area contributed by atoms with E-state index in [2.05, 4.69) is 18.7 Å². The SMILES string of the molecule is CCOC(=O)C[C@H]1CN(CC)[C@@H](C)CO1. The summed E-state index contributed by atoms with van der Waals surface area (Å²) in [6.07, 6.45) is 0.372. The van der Waals surface area contributed by atoms with Gasteiger partial charge in [0.25, 0.3) is 0 Å². The minimum Gasteiger partial charge on any atom is -0.466 e. The smallest absolute Gasteiger partial charge is 0.308 e. The van der Waals surface area contributed by atoms with Crippen molar-refractivity contribution in [3.63, 3.8) is 0 Å². The van der Waals surface area contributed by atoms with Crippen LogP contribution in [0.1, 0.15) is 27.2 Å². The highest BCUT2D eigenvalue weighted by molar-refractivity contribution is 5.69. The molecule has 1 saturated heterocycles. The lowest BCUT2D eigenvalue weighted by atomic mass is 10.1. The van der Waals surface area contributed by atoms with Crippen LogP contribution in [0.25, 0.3) is 0 Å². The van der Waals surface area contributed by atoms with E-state index >= 15 is 0 Å². The summed E-state index contributed by atoms with van der Waals surface area (Å²) in [6.45, 7) is 9.07. The van der Waals surface area contributed by atoms with E-state index in [1.54, 1.807) is 0 Å². The lowest BCUT2D eigenvalue weighted by Gasteiger charge is -2.36. The molecule has 0 unspecified atom stereocenters. The third-order valence-electron chi connectivity index (χ3n) is 2.74. The quantitative estimate of drug-likeness (QED) is 0.657. The molecule has 15 heavy (non-hydrogen) atoms. The third-order valence-corrected chi connectivity index (χ3v) is 2.74. The van der Waals surface area contributed by atoms with Gasteiger partial charge in [-0.2, -0.15) is 0 Å². The molecule has 0 aliphatic carbocycles. The van der Waals surface area contributed by atoms with Gasteiger partial charge in [-0.3, -0.25) is 9.69 Å². The highest BCUT2D eigenvalue weighted by Gasteiger charge is 2.26. The zero-order valence-corrected chi connectivity index (χ0v) is 9.86. The molecule has 4 heteroatoms. The van der Waals surface area contributed by atoms with Crippen molar-refractivity contribution < 1.29 is 14.3 Å². The van der Waals surface area contributed by atoms with Crippen molar-refractivity contribution in [2.24, 2.45) is 0 Å². The van der Waals surface area contributed by atoms with Crippen LogP contribution in [0.5, 0.6) is 0 Å². The van der Waals surface area contributed by atoms with E-state index in [1.165, 1.54) is 0 Å². The minimum atomic E-state index is -0.159. The predicted molar refractivity (Wildman–Crippen MR) is 57.7 cm³/mol. The van der Waals surface area contributed by atoms with Crippen molar-refractivity contribution in [2.75, 3.05) is 26.3 Å². The van der Waals surface area contributed by atoms with E-state index in [0.717, 1.165) is 13.1 Å². The molecule has 1 heterocycles. The van der Waals surface area contributed by atoms with Crippen molar-refractivity contribution in [1.82, 2.24) is 4.90 Å². The molecule has 2 atom stereocenters. The number of hydrogen-bond acceptors (Lipinski definition) is 4. The first-order chi connectivity index (χ1) is 7.17. The van der Waals surface area contributed by atoms with E-state index in [-0.39, 0.29) is 12.1 Å². The van der Waals surface area contributed by atoms with Crippen molar-refractivity contribution in [3.05, 3.63) is 0 Å². The lowest BCUT2D eigenvalue weighted by molar-refractivity contribution is -0.149. The normalized spacial score (nSPS) is 27.7. The van der Waals surface area contributed by atoms with Crippen molar-refractivity contribution in [1.29, 1.82) is 0 Å². The molecule has 1 aliphatic rings. The molecule has 0 saturated carbocycles. The van der Waals surface area contributed by atoms with Gasteiger partial charge in [0.15, 0.2) is 0 Å². The molecule has 0 N–H and O–H groups in total. The van der Waals surface area contributed by atoms with Gasteiger partial charge in [0.1, 0.15) is 0 Å². The van der Waals surface area contributed by atoms with Gasteiger partial charge in [0, 0.05) is 12.6 Å². The van der Waals surface area contributed by atoms with Gasteiger partial charge in [0.2, 0.25) is 0 Å². The standard InChI is InChI=1S/C11H21NO3/c1-4-12-7-10(15-8-9(12)3)6-11(13)14-5-2/h9-10H,4-8H2,1-3H3/t9-,10-/m0/s1. The number of ether oxygens (including phenoxy) is 2. The Hall–Kier alpha value is -0.610. The topological polar surface area (TPSA) is 38.8 Å². The molecule has 0 aromatic carbocycles. The Morgan fingerprint density at radius 3 is 2.87 bits per heavy atom. The number of likely N-dealkylation sites (N-methyl/N-ethyl adjacent to an activating group) is 1. The van der Waals surface area contributed by atoms with Crippen molar-refractivity contribution in [2.45, 2.75) is 39.3 Å². The minimum absolute atomic E-state index is 0.000185. The number of esters is 1. The Labute approximate surface area is 91.5 Å². The molecule has 88 valence electrons. The predicted octanol–water partition coefficient (Wildman–Crippen LogP) is 1.05. The summed E-state index contributed by atoms with van der Waals surface area (Å²) >= 11 is 0. The summed E-state index contributed by atoms with van der Waals surface area (Å²) in [5.74, 6) is -0.159. The molecule has 4 nitrogen and oxygen atoms in total. The third kappa shape index (κ3) is 3.80. The van der Waals surface area contributed by atoms with Gasteiger partial charge in [-0.05, 0) is 20.4 Å². The highest BCUT2D eigenvalue weighted by Crippen LogP contribution is 2.13. The Bertz CT molecular complexity index is 208. The molecule has 0 spiro atoms. The summed E-state index contributed by atoms with van der Waals surface area (Å²) < 4.78 is 10.5. The van der Waals surface area contributed by atoms with Crippen LogP contribution < -0.4 is 0 Å². The number of carbonyl (C=O) groups excluding carboxylic acids is 1. The van der Waals surface area contributed by atoms with Gasteiger partial charge >= 0.3 is 5.97 Å². The zero-order chi connectivity index (χ0) is 11.3. The van der Waals surface area contributed by atoms with Gasteiger partial charge in [0.05, 0.1) is 25.7 Å². The number of carbonyl (C=O) groups is 1. The second kappa shape index (κ2) is 6.08. The van der Waals surface area contributed by atoms with Crippen LogP contribution in [0, 0.1) is 0 Å². The summed E-state index contributed by atoms with van der Waals surface area (Å²) in [5, 5.41) is 0. The molecular weight excluding hydrogens is 194 g/mol. The number of rotatable bonds is 4. The second-order valence-electron chi connectivity index (χ2n) is 3.90. The van der Waals surface area contributed by atoms with Crippen LogP contribution >= 0.6 is 0 Å². The van der Waals surface area contributed by atoms with E-state index in [1.807, 2.05) is 6.92 Å². The molecule has 0 aromatic heterocycles. The molecule has 1 aliphatic heterocycles. The van der Waals surface area contributed by atoms with Crippen LogP contribution in [0.15, 0.2) is 0 Å². The van der Waals surface area contributed by atoms with Gasteiger partial charge in [-0.25, -0.2) is 0 Å². The van der Waals surface area contributed by atoms with Gasteiger partial charge in [-0.15, -0.1) is 0 Å². The zero-order valence-electron chi connectivity index (χ0n) is 9.86. The maximum Gasteiger partial charge on any atom is 0.308 e. The van der Waals surface area contributed by atoms with Crippen LogP contribution in [-0.4, -0.2) is 49.3 Å². The summed E-state index contributed by atoms with van der Waals surface area (Å²) in [4.78, 5) is 13.6. The maximum absolute atomic E-state index is 11.3. The van der Waals surface area contributed by atoms with Crippen molar-refractivity contribution in [3.8, 4) is 0 Å². The van der Waals surface area contributed by atoms with E-state index in [0.29, 0.717) is 25.7 Å². The molecule has 0 bridgehead atoms. The fourth-order valence-corrected chi connectivity index (χ4v) is 1.85. The first kappa shape index (κ1) is 12.5. The molecule has 0 radical (unpaired) electrons. The van der Waals surface area contributed by atoms with Crippen LogP contribution in [0.4, 0.5) is 0 Å². The Morgan fingerprint density at radius 2 is 2.27 bits per heavy atom. The fraction of sp³-hybridized carbons (Fsp3) is 0.909. The number of morpholine rings is 1. The summed E-state index contributed by atoms with van der Waals surface area (Å²) in [5.41, 5.74) is 0.